The summed E-state index contributed by atoms with van der Waals surface area (Å²) in [6, 6.07) is 4.31. The fourth-order valence-electron chi connectivity index (χ4n) is 2.23. The molecule has 2 rings (SSSR count). The van der Waals surface area contributed by atoms with E-state index in [2.05, 4.69) is 5.32 Å². The molecule has 0 saturated carbocycles. The van der Waals surface area contributed by atoms with E-state index in [4.69, 9.17) is 0 Å². The second-order valence-electron chi connectivity index (χ2n) is 4.81. The Bertz CT molecular complexity index is 421. The molecule has 1 aromatic carbocycles. The Morgan fingerprint density at radius 2 is 1.88 bits per heavy atom. The van der Waals surface area contributed by atoms with Gasteiger partial charge in [-0.15, -0.1) is 0 Å². The average molecular weight is 229 g/mol. The van der Waals surface area contributed by atoms with Crippen LogP contribution in [0.3, 0.4) is 0 Å². The zero-order chi connectivity index (χ0) is 12.1. The lowest BCUT2D eigenvalue weighted by atomic mass is 9.79. The van der Waals surface area contributed by atoms with Crippen LogP contribution in [-0.2, 0) is 11.6 Å². The van der Waals surface area contributed by atoms with Crippen LogP contribution in [0, 0.1) is 0 Å². The Hall–Kier alpha value is -1.19. The topological polar surface area (TPSA) is 12.0 Å². The van der Waals surface area contributed by atoms with Crippen LogP contribution in [0.4, 0.5) is 18.9 Å². The summed E-state index contributed by atoms with van der Waals surface area (Å²) in [4.78, 5) is 0. The maximum atomic E-state index is 12.9. The molecule has 1 aliphatic rings. The molecule has 1 aliphatic heterocycles. The number of hydrogen-bond donors (Lipinski definition) is 1. The zero-order valence-corrected chi connectivity index (χ0v) is 9.44. The lowest BCUT2D eigenvalue weighted by Crippen LogP contribution is -2.31. The van der Waals surface area contributed by atoms with E-state index in [1.54, 1.807) is 6.07 Å². The smallest absolute Gasteiger partial charge is 0.381 e. The minimum absolute atomic E-state index is 0.00556. The van der Waals surface area contributed by atoms with Gasteiger partial charge in [-0.2, -0.15) is 13.2 Å². The van der Waals surface area contributed by atoms with E-state index in [-0.39, 0.29) is 6.04 Å². The second-order valence-corrected chi connectivity index (χ2v) is 4.81. The van der Waals surface area contributed by atoms with Gasteiger partial charge in [0.15, 0.2) is 0 Å². The van der Waals surface area contributed by atoms with Crippen LogP contribution in [0.2, 0.25) is 0 Å². The van der Waals surface area contributed by atoms with Gasteiger partial charge in [0.2, 0.25) is 0 Å². The minimum Gasteiger partial charge on any atom is -0.381 e. The van der Waals surface area contributed by atoms with E-state index in [1.807, 2.05) is 20.8 Å². The predicted molar refractivity (Wildman–Crippen MR) is 57.6 cm³/mol. The number of anilines is 1. The third-order valence-electron chi connectivity index (χ3n) is 3.47. The Kier molecular flexibility index (Phi) is 2.23. The van der Waals surface area contributed by atoms with Crippen molar-refractivity contribution >= 4 is 5.69 Å². The first-order chi connectivity index (χ1) is 7.24. The van der Waals surface area contributed by atoms with Crippen LogP contribution >= 0.6 is 0 Å². The molecule has 1 unspecified atom stereocenters. The maximum absolute atomic E-state index is 12.9. The Morgan fingerprint density at radius 1 is 1.25 bits per heavy atom. The van der Waals surface area contributed by atoms with Gasteiger partial charge in [-0.05, 0) is 24.6 Å². The van der Waals surface area contributed by atoms with Gasteiger partial charge in [0.05, 0.1) is 5.56 Å². The molecule has 1 nitrogen and oxygen atoms in total. The van der Waals surface area contributed by atoms with Gasteiger partial charge < -0.3 is 5.32 Å². The van der Waals surface area contributed by atoms with E-state index in [9.17, 15) is 13.2 Å². The molecule has 0 bridgehead atoms. The third-order valence-corrected chi connectivity index (χ3v) is 3.47. The molecule has 16 heavy (non-hydrogen) atoms. The number of alkyl halides is 3. The average Bonchev–Trinajstić information content (AvgIpc) is 2.37. The van der Waals surface area contributed by atoms with Crippen molar-refractivity contribution in [2.45, 2.75) is 38.4 Å². The molecule has 0 radical (unpaired) electrons. The molecule has 4 heteroatoms. The van der Waals surface area contributed by atoms with E-state index >= 15 is 0 Å². The summed E-state index contributed by atoms with van der Waals surface area (Å²) in [5, 5.41) is 3.10. The van der Waals surface area contributed by atoms with Crippen LogP contribution in [-0.4, -0.2) is 6.04 Å². The summed E-state index contributed by atoms with van der Waals surface area (Å²) in [7, 11) is 0. The second kappa shape index (κ2) is 3.15. The van der Waals surface area contributed by atoms with Gasteiger partial charge in [-0.1, -0.05) is 19.9 Å². The van der Waals surface area contributed by atoms with E-state index in [0.717, 1.165) is 6.07 Å². The van der Waals surface area contributed by atoms with Crippen molar-refractivity contribution in [3.05, 3.63) is 29.3 Å². The zero-order valence-electron chi connectivity index (χ0n) is 9.44. The van der Waals surface area contributed by atoms with E-state index in [1.165, 1.54) is 6.07 Å². The molecule has 0 aliphatic carbocycles. The first-order valence-corrected chi connectivity index (χ1v) is 5.22. The summed E-state index contributed by atoms with van der Waals surface area (Å²) in [5.41, 5.74) is -0.0317. The molecule has 0 fully saturated rings. The van der Waals surface area contributed by atoms with Crippen molar-refractivity contribution in [1.82, 2.24) is 0 Å². The molecule has 0 spiro atoms. The Morgan fingerprint density at radius 3 is 2.44 bits per heavy atom. The predicted octanol–water partition coefficient (Wildman–Crippen LogP) is 3.80. The van der Waals surface area contributed by atoms with Gasteiger partial charge in [-0.3, -0.25) is 0 Å². The van der Waals surface area contributed by atoms with Crippen LogP contribution in [0.5, 0.6) is 0 Å². The number of halogens is 3. The molecule has 1 aromatic rings. The number of hydrogen-bond acceptors (Lipinski definition) is 1. The van der Waals surface area contributed by atoms with Crippen LogP contribution in [0.15, 0.2) is 18.2 Å². The first-order valence-electron chi connectivity index (χ1n) is 5.22. The van der Waals surface area contributed by atoms with Gasteiger partial charge in [0.25, 0.3) is 0 Å². The van der Waals surface area contributed by atoms with Crippen molar-refractivity contribution in [1.29, 1.82) is 0 Å². The third kappa shape index (κ3) is 1.47. The molecule has 1 heterocycles. The highest BCUT2D eigenvalue weighted by Crippen LogP contribution is 2.47. The lowest BCUT2D eigenvalue weighted by molar-refractivity contribution is -0.138. The van der Waals surface area contributed by atoms with Gasteiger partial charge in [0.1, 0.15) is 0 Å². The summed E-state index contributed by atoms with van der Waals surface area (Å²) >= 11 is 0. The monoisotopic (exact) mass is 229 g/mol. The Balaban J connectivity index is 2.66. The fourth-order valence-corrected chi connectivity index (χ4v) is 2.23. The quantitative estimate of drug-likeness (QED) is 0.713. The van der Waals surface area contributed by atoms with E-state index in [0.29, 0.717) is 11.3 Å². The molecule has 1 atom stereocenters. The largest absolute Gasteiger partial charge is 0.416 e. The summed E-state index contributed by atoms with van der Waals surface area (Å²) < 4.78 is 38.7. The van der Waals surface area contributed by atoms with Crippen molar-refractivity contribution in [2.75, 3.05) is 5.32 Å². The number of rotatable bonds is 0. The molecule has 1 N–H and O–H groups in total. The molecule has 0 saturated heterocycles. The van der Waals surface area contributed by atoms with Crippen molar-refractivity contribution in [3.8, 4) is 0 Å². The minimum atomic E-state index is -4.28. The molecule has 88 valence electrons. The highest BCUT2D eigenvalue weighted by Gasteiger charge is 2.44. The fraction of sp³-hybridized carbons (Fsp3) is 0.500. The van der Waals surface area contributed by atoms with Crippen LogP contribution < -0.4 is 5.32 Å². The number of benzene rings is 1. The number of fused-ring (bicyclic) bond motifs is 1. The van der Waals surface area contributed by atoms with Crippen LogP contribution in [0.25, 0.3) is 0 Å². The summed E-state index contributed by atoms with van der Waals surface area (Å²) in [5.74, 6) is 0. The van der Waals surface area contributed by atoms with Gasteiger partial charge in [0, 0.05) is 17.1 Å². The van der Waals surface area contributed by atoms with Gasteiger partial charge >= 0.3 is 6.18 Å². The Labute approximate surface area is 92.7 Å². The van der Waals surface area contributed by atoms with Crippen LogP contribution in [0.1, 0.15) is 31.9 Å². The molecule has 0 amide bonds. The molecular weight excluding hydrogens is 215 g/mol. The van der Waals surface area contributed by atoms with Crippen molar-refractivity contribution in [2.24, 2.45) is 0 Å². The summed E-state index contributed by atoms with van der Waals surface area (Å²) in [6.45, 7) is 5.58. The maximum Gasteiger partial charge on any atom is 0.416 e. The molecule has 0 aromatic heterocycles. The normalized spacial score (nSPS) is 22.8. The molecular formula is C12H14F3N. The summed E-state index contributed by atoms with van der Waals surface area (Å²) in [6.07, 6.45) is -4.28. The van der Waals surface area contributed by atoms with Crippen molar-refractivity contribution < 1.29 is 13.2 Å². The lowest BCUT2D eigenvalue weighted by Gasteiger charge is -2.26. The first kappa shape index (κ1) is 11.3. The van der Waals surface area contributed by atoms with E-state index < -0.39 is 17.2 Å². The SMILES string of the molecule is CC1Nc2cccc(C(F)(F)F)c2C1(C)C. The highest BCUT2D eigenvalue weighted by molar-refractivity contribution is 5.64. The van der Waals surface area contributed by atoms with Crippen molar-refractivity contribution in [3.63, 3.8) is 0 Å². The highest BCUT2D eigenvalue weighted by atomic mass is 19.4. The number of nitrogens with one attached hydrogen (secondary N) is 1. The van der Waals surface area contributed by atoms with Gasteiger partial charge in [-0.25, -0.2) is 0 Å². The standard InChI is InChI=1S/C12H14F3N/c1-7-11(2,3)10-8(12(13,14)15)5-4-6-9(10)16-7/h4-7,16H,1-3H3.